The molecule has 3 aromatic rings. The molecule has 1 saturated heterocycles. The molecule has 4 rings (SSSR count). The molecule has 2 heterocycles. The summed E-state index contributed by atoms with van der Waals surface area (Å²) in [6, 6.07) is 11.5. The third kappa shape index (κ3) is 5.99. The van der Waals surface area contributed by atoms with E-state index in [4.69, 9.17) is 13.9 Å². The highest BCUT2D eigenvalue weighted by Gasteiger charge is 2.18. The van der Waals surface area contributed by atoms with Crippen LogP contribution >= 0.6 is 0 Å². The zero-order chi connectivity index (χ0) is 24.9. The van der Waals surface area contributed by atoms with Crippen LogP contribution < -0.4 is 15.7 Å². The Hall–Kier alpha value is -3.42. The number of fused-ring (bicyclic) bond motifs is 1. The Bertz CT molecular complexity index is 1290. The van der Waals surface area contributed by atoms with E-state index < -0.39 is 5.63 Å². The summed E-state index contributed by atoms with van der Waals surface area (Å²) >= 11 is 0. The molecule has 7 nitrogen and oxygen atoms in total. The third-order valence-corrected chi connectivity index (χ3v) is 6.21. The number of ether oxygens (including phenoxy) is 2. The Morgan fingerprint density at radius 2 is 1.80 bits per heavy atom. The van der Waals surface area contributed by atoms with E-state index in [0.717, 1.165) is 54.9 Å². The van der Waals surface area contributed by atoms with Crippen molar-refractivity contribution >= 4 is 22.6 Å². The summed E-state index contributed by atoms with van der Waals surface area (Å²) in [5, 5.41) is 3.68. The number of nitrogens with one attached hydrogen (secondary N) is 1. The molecule has 0 radical (unpaired) electrons. The van der Waals surface area contributed by atoms with Crippen molar-refractivity contribution < 1.29 is 18.7 Å². The summed E-state index contributed by atoms with van der Waals surface area (Å²) in [5.74, 6) is 0.379. The topological polar surface area (TPSA) is 81.0 Å². The summed E-state index contributed by atoms with van der Waals surface area (Å²) in [6.45, 7) is 14.1. The van der Waals surface area contributed by atoms with Crippen molar-refractivity contribution in [2.24, 2.45) is 0 Å². The third-order valence-electron chi connectivity index (χ3n) is 6.21. The van der Waals surface area contributed by atoms with Crippen molar-refractivity contribution in [3.8, 4) is 5.75 Å². The number of hydrogen-bond donors (Lipinski definition) is 1. The summed E-state index contributed by atoms with van der Waals surface area (Å²) in [5.41, 5.74) is 4.58. The van der Waals surface area contributed by atoms with Gasteiger partial charge in [0.2, 0.25) is 5.91 Å². The Morgan fingerprint density at radius 1 is 1.09 bits per heavy atom. The minimum absolute atomic E-state index is 0.0629. The molecule has 0 aliphatic carbocycles. The molecule has 0 saturated carbocycles. The molecular weight excluding hydrogens is 444 g/mol. The molecule has 0 bridgehead atoms. The van der Waals surface area contributed by atoms with Crippen molar-refractivity contribution in [3.05, 3.63) is 81.2 Å². The van der Waals surface area contributed by atoms with Gasteiger partial charge in [-0.05, 0) is 61.7 Å². The molecule has 0 atom stereocenters. The highest BCUT2D eigenvalue weighted by molar-refractivity contribution is 5.93. The fourth-order valence-corrected chi connectivity index (χ4v) is 4.21. The fourth-order valence-electron chi connectivity index (χ4n) is 4.21. The largest absolute Gasteiger partial charge is 0.489 e. The molecule has 0 spiro atoms. The van der Waals surface area contributed by atoms with E-state index in [1.54, 1.807) is 0 Å². The van der Waals surface area contributed by atoms with Gasteiger partial charge in [-0.25, -0.2) is 4.79 Å². The number of carbonyl (C=O) groups is 1. The molecule has 1 aliphatic heterocycles. The first kappa shape index (κ1) is 24.7. The van der Waals surface area contributed by atoms with Gasteiger partial charge in [0, 0.05) is 36.3 Å². The van der Waals surface area contributed by atoms with Gasteiger partial charge >= 0.3 is 5.63 Å². The van der Waals surface area contributed by atoms with Crippen LogP contribution in [-0.4, -0.2) is 43.7 Å². The Kier molecular flexibility index (Phi) is 7.68. The minimum Gasteiger partial charge on any atom is -0.489 e. The second-order valence-corrected chi connectivity index (χ2v) is 9.11. The van der Waals surface area contributed by atoms with Crippen LogP contribution in [0.5, 0.6) is 5.75 Å². The Morgan fingerprint density at radius 3 is 2.49 bits per heavy atom. The number of morpholine rings is 1. The van der Waals surface area contributed by atoms with Gasteiger partial charge < -0.3 is 19.2 Å². The molecule has 184 valence electrons. The molecule has 1 fully saturated rings. The van der Waals surface area contributed by atoms with Gasteiger partial charge in [-0.2, -0.15) is 0 Å². The quantitative estimate of drug-likeness (QED) is 0.384. The predicted octanol–water partition coefficient (Wildman–Crippen LogP) is 4.38. The van der Waals surface area contributed by atoms with Crippen molar-refractivity contribution in [3.63, 3.8) is 0 Å². The number of rotatable bonds is 8. The maximum absolute atomic E-state index is 12.8. The number of carbonyl (C=O) groups excluding carboxylic acids is 1. The van der Waals surface area contributed by atoms with Crippen molar-refractivity contribution in [2.45, 2.75) is 33.7 Å². The Labute approximate surface area is 205 Å². The number of amides is 1. The van der Waals surface area contributed by atoms with Crippen LogP contribution in [0.4, 0.5) is 5.69 Å². The zero-order valence-electron chi connectivity index (χ0n) is 20.6. The number of aryl methyl sites for hydroxylation is 2. The molecular formula is C28H32N2O5. The number of hydrogen-bond acceptors (Lipinski definition) is 6. The van der Waals surface area contributed by atoms with Gasteiger partial charge in [-0.1, -0.05) is 18.7 Å². The summed E-state index contributed by atoms with van der Waals surface area (Å²) < 4.78 is 16.8. The van der Waals surface area contributed by atoms with E-state index in [-0.39, 0.29) is 12.3 Å². The first-order chi connectivity index (χ1) is 16.8. The lowest BCUT2D eigenvalue weighted by atomic mass is 10.0. The predicted molar refractivity (Wildman–Crippen MR) is 137 cm³/mol. The van der Waals surface area contributed by atoms with E-state index in [2.05, 4.69) is 16.8 Å². The number of benzene rings is 2. The first-order valence-electron chi connectivity index (χ1n) is 11.8. The summed E-state index contributed by atoms with van der Waals surface area (Å²) in [4.78, 5) is 27.9. The molecule has 1 aromatic heterocycles. The highest BCUT2D eigenvalue weighted by atomic mass is 16.5. The standard InChI is InChI=1S/C28H32N2O5/c1-18(2)17-34-25-10-9-23-19(3)24(28(32)35-27(23)20(25)4)15-26(31)29-22-7-5-21(6-8-22)16-30-11-13-33-14-12-30/h5-10H,1,11-17H2,2-4H3,(H,29,31). The normalized spacial score (nSPS) is 14.1. The molecule has 1 N–H and O–H groups in total. The van der Waals surface area contributed by atoms with Gasteiger partial charge in [0.15, 0.2) is 0 Å². The van der Waals surface area contributed by atoms with Crippen LogP contribution in [0.1, 0.15) is 29.2 Å². The lowest BCUT2D eigenvalue weighted by Crippen LogP contribution is -2.35. The summed E-state index contributed by atoms with van der Waals surface area (Å²) in [7, 11) is 0. The van der Waals surface area contributed by atoms with Crippen molar-refractivity contribution in [1.29, 1.82) is 0 Å². The van der Waals surface area contributed by atoms with Crippen LogP contribution in [0.15, 0.2) is 57.8 Å². The van der Waals surface area contributed by atoms with Gasteiger partial charge in [0.25, 0.3) is 0 Å². The number of anilines is 1. The number of nitrogens with zero attached hydrogens (tertiary/aromatic N) is 1. The lowest BCUT2D eigenvalue weighted by Gasteiger charge is -2.26. The molecule has 2 aromatic carbocycles. The van der Waals surface area contributed by atoms with Crippen LogP contribution in [0.2, 0.25) is 0 Å². The fraction of sp³-hybridized carbons (Fsp3) is 0.357. The maximum atomic E-state index is 12.8. The molecule has 7 heteroatoms. The second kappa shape index (κ2) is 10.9. The average molecular weight is 477 g/mol. The van der Waals surface area contributed by atoms with Gasteiger partial charge in [-0.3, -0.25) is 9.69 Å². The van der Waals surface area contributed by atoms with E-state index in [0.29, 0.717) is 29.2 Å². The molecule has 1 aliphatic rings. The van der Waals surface area contributed by atoms with Crippen molar-refractivity contribution in [1.82, 2.24) is 4.90 Å². The van der Waals surface area contributed by atoms with Gasteiger partial charge in [0.05, 0.1) is 25.2 Å². The smallest absolute Gasteiger partial charge is 0.340 e. The van der Waals surface area contributed by atoms with Crippen LogP contribution in [-0.2, 0) is 22.5 Å². The first-order valence-corrected chi connectivity index (χ1v) is 11.8. The minimum atomic E-state index is -0.508. The summed E-state index contributed by atoms with van der Waals surface area (Å²) in [6.07, 6.45) is -0.0629. The highest BCUT2D eigenvalue weighted by Crippen LogP contribution is 2.30. The van der Waals surface area contributed by atoms with E-state index in [9.17, 15) is 9.59 Å². The SMILES string of the molecule is C=C(C)COc1ccc2c(C)c(CC(=O)Nc3ccc(CN4CCOCC4)cc3)c(=O)oc2c1C. The monoisotopic (exact) mass is 476 g/mol. The molecule has 35 heavy (non-hydrogen) atoms. The molecule has 1 amide bonds. The lowest BCUT2D eigenvalue weighted by molar-refractivity contribution is -0.115. The van der Waals surface area contributed by atoms with Gasteiger partial charge in [-0.15, -0.1) is 0 Å². The van der Waals surface area contributed by atoms with Crippen molar-refractivity contribution in [2.75, 3.05) is 38.2 Å². The van der Waals surface area contributed by atoms with Crippen LogP contribution in [0.25, 0.3) is 11.0 Å². The molecule has 0 unspecified atom stereocenters. The zero-order valence-corrected chi connectivity index (χ0v) is 20.6. The van der Waals surface area contributed by atoms with Gasteiger partial charge in [0.1, 0.15) is 17.9 Å². The van der Waals surface area contributed by atoms with E-state index >= 15 is 0 Å². The van der Waals surface area contributed by atoms with E-state index in [1.165, 1.54) is 5.56 Å². The second-order valence-electron chi connectivity index (χ2n) is 9.11. The van der Waals surface area contributed by atoms with E-state index in [1.807, 2.05) is 57.2 Å². The Balaban J connectivity index is 1.45. The average Bonchev–Trinajstić information content (AvgIpc) is 2.83. The van der Waals surface area contributed by atoms with Crippen LogP contribution in [0, 0.1) is 13.8 Å². The van der Waals surface area contributed by atoms with Crippen LogP contribution in [0.3, 0.4) is 0 Å². The maximum Gasteiger partial charge on any atom is 0.340 e.